The van der Waals surface area contributed by atoms with Gasteiger partial charge in [-0.15, -0.1) is 10.2 Å². The van der Waals surface area contributed by atoms with Gasteiger partial charge in [0.15, 0.2) is 0 Å². The molecule has 1 aromatic heterocycles. The van der Waals surface area contributed by atoms with E-state index < -0.39 is 0 Å². The van der Waals surface area contributed by atoms with Crippen molar-refractivity contribution in [3.05, 3.63) is 36.0 Å². The largest absolute Gasteiger partial charge is 0.494 e. The van der Waals surface area contributed by atoms with E-state index in [0.29, 0.717) is 25.6 Å². The Balaban J connectivity index is 1.28. The molecule has 0 atom stereocenters. The average Bonchev–Trinajstić information content (AvgIpc) is 3.40. The van der Waals surface area contributed by atoms with Gasteiger partial charge in [0.2, 0.25) is 11.8 Å². The van der Waals surface area contributed by atoms with Crippen molar-refractivity contribution in [3.63, 3.8) is 0 Å². The number of piperidine rings is 1. The highest BCUT2D eigenvalue weighted by Gasteiger charge is 2.32. The Morgan fingerprint density at radius 3 is 2.31 bits per heavy atom. The number of nitrogens with zero attached hydrogens (tertiary/aromatic N) is 3. The lowest BCUT2D eigenvalue weighted by Gasteiger charge is -2.30. The lowest BCUT2D eigenvalue weighted by atomic mass is 9.97. The van der Waals surface area contributed by atoms with Crippen LogP contribution in [0, 0.1) is 0 Å². The lowest BCUT2D eigenvalue weighted by Crippen LogP contribution is -2.40. The summed E-state index contributed by atoms with van der Waals surface area (Å²) in [6.07, 6.45) is 4.02. The minimum absolute atomic E-state index is 0.0724. The van der Waals surface area contributed by atoms with Crippen LogP contribution in [0.5, 0.6) is 5.75 Å². The van der Waals surface area contributed by atoms with Gasteiger partial charge in [0.1, 0.15) is 5.75 Å². The SMILES string of the molecule is CCOc1ccc(NC(=O)N2CCC(c3nnc(C4CC4)o3)CC2)cc1. The van der Waals surface area contributed by atoms with Gasteiger partial charge < -0.3 is 19.4 Å². The second kappa shape index (κ2) is 7.35. The van der Waals surface area contributed by atoms with Crippen LogP contribution in [0.4, 0.5) is 10.5 Å². The van der Waals surface area contributed by atoms with Crippen LogP contribution in [0.2, 0.25) is 0 Å². The third-order valence-electron chi connectivity index (χ3n) is 4.93. The molecular weight excluding hydrogens is 332 g/mol. The Hall–Kier alpha value is -2.57. The summed E-state index contributed by atoms with van der Waals surface area (Å²) in [6.45, 7) is 3.95. The zero-order chi connectivity index (χ0) is 17.9. The van der Waals surface area contributed by atoms with Crippen LogP contribution >= 0.6 is 0 Å². The maximum absolute atomic E-state index is 12.5. The molecule has 2 aliphatic rings. The number of likely N-dealkylation sites (tertiary alicyclic amines) is 1. The van der Waals surface area contributed by atoms with Crippen molar-refractivity contribution in [1.29, 1.82) is 0 Å². The van der Waals surface area contributed by atoms with E-state index in [0.717, 1.165) is 48.9 Å². The van der Waals surface area contributed by atoms with Gasteiger partial charge in [-0.1, -0.05) is 0 Å². The summed E-state index contributed by atoms with van der Waals surface area (Å²) < 4.78 is 11.2. The Bertz CT molecular complexity index is 746. The summed E-state index contributed by atoms with van der Waals surface area (Å²) in [6, 6.07) is 7.36. The number of aromatic nitrogens is 2. The second-order valence-electron chi connectivity index (χ2n) is 6.90. The smallest absolute Gasteiger partial charge is 0.321 e. The molecule has 1 saturated heterocycles. The van der Waals surface area contributed by atoms with E-state index in [1.807, 2.05) is 36.1 Å². The third kappa shape index (κ3) is 3.81. The Kier molecular flexibility index (Phi) is 4.77. The van der Waals surface area contributed by atoms with Gasteiger partial charge in [0.25, 0.3) is 0 Å². The number of carbonyl (C=O) groups excluding carboxylic acids is 1. The lowest BCUT2D eigenvalue weighted by molar-refractivity contribution is 0.189. The number of amides is 2. The molecule has 4 rings (SSSR count). The molecular formula is C19H24N4O3. The van der Waals surface area contributed by atoms with Gasteiger partial charge in [-0.25, -0.2) is 4.79 Å². The minimum atomic E-state index is -0.0724. The summed E-state index contributed by atoms with van der Waals surface area (Å²) in [7, 11) is 0. The maximum Gasteiger partial charge on any atom is 0.321 e. The van der Waals surface area contributed by atoms with Gasteiger partial charge in [0.05, 0.1) is 6.61 Å². The number of anilines is 1. The van der Waals surface area contributed by atoms with Crippen LogP contribution in [0.15, 0.2) is 28.7 Å². The number of ether oxygens (including phenoxy) is 1. The molecule has 1 aliphatic heterocycles. The average molecular weight is 356 g/mol. The predicted molar refractivity (Wildman–Crippen MR) is 96.5 cm³/mol. The van der Waals surface area contributed by atoms with E-state index in [9.17, 15) is 4.79 Å². The van der Waals surface area contributed by atoms with Crippen molar-refractivity contribution in [2.75, 3.05) is 25.0 Å². The highest BCUT2D eigenvalue weighted by molar-refractivity contribution is 5.89. The van der Waals surface area contributed by atoms with Crippen LogP contribution in [0.3, 0.4) is 0 Å². The van der Waals surface area contributed by atoms with E-state index in [1.54, 1.807) is 0 Å². The van der Waals surface area contributed by atoms with Crippen LogP contribution in [0.25, 0.3) is 0 Å². The molecule has 1 saturated carbocycles. The first-order chi connectivity index (χ1) is 12.7. The summed E-state index contributed by atoms with van der Waals surface area (Å²) in [4.78, 5) is 14.3. The Morgan fingerprint density at radius 1 is 1.12 bits per heavy atom. The quantitative estimate of drug-likeness (QED) is 0.882. The number of hydrogen-bond donors (Lipinski definition) is 1. The monoisotopic (exact) mass is 356 g/mol. The van der Waals surface area contributed by atoms with Crippen LogP contribution < -0.4 is 10.1 Å². The molecule has 7 nitrogen and oxygen atoms in total. The molecule has 2 heterocycles. The second-order valence-corrected chi connectivity index (χ2v) is 6.90. The molecule has 2 amide bonds. The van der Waals surface area contributed by atoms with E-state index in [1.165, 1.54) is 0 Å². The first kappa shape index (κ1) is 16.9. The number of carbonyl (C=O) groups is 1. The highest BCUT2D eigenvalue weighted by Crippen LogP contribution is 2.40. The molecule has 7 heteroatoms. The van der Waals surface area contributed by atoms with Crippen molar-refractivity contribution < 1.29 is 13.9 Å². The third-order valence-corrected chi connectivity index (χ3v) is 4.93. The Morgan fingerprint density at radius 2 is 1.73 bits per heavy atom. The fourth-order valence-corrected chi connectivity index (χ4v) is 3.24. The molecule has 0 unspecified atom stereocenters. The predicted octanol–water partition coefficient (Wildman–Crippen LogP) is 3.76. The fourth-order valence-electron chi connectivity index (χ4n) is 3.24. The molecule has 26 heavy (non-hydrogen) atoms. The number of rotatable bonds is 5. The van der Waals surface area contributed by atoms with E-state index in [2.05, 4.69) is 15.5 Å². The zero-order valence-electron chi connectivity index (χ0n) is 15.0. The summed E-state index contributed by atoms with van der Waals surface area (Å²) in [5.41, 5.74) is 0.770. The van der Waals surface area contributed by atoms with E-state index in [4.69, 9.17) is 9.15 Å². The molecule has 1 aromatic carbocycles. The van der Waals surface area contributed by atoms with Crippen molar-refractivity contribution in [2.45, 2.75) is 44.4 Å². The van der Waals surface area contributed by atoms with Crippen LogP contribution in [-0.2, 0) is 0 Å². The molecule has 2 fully saturated rings. The molecule has 0 radical (unpaired) electrons. The van der Waals surface area contributed by atoms with Crippen molar-refractivity contribution in [3.8, 4) is 5.75 Å². The highest BCUT2D eigenvalue weighted by atomic mass is 16.5. The normalized spacial score (nSPS) is 18.0. The minimum Gasteiger partial charge on any atom is -0.494 e. The molecule has 1 N–H and O–H groups in total. The van der Waals surface area contributed by atoms with Crippen LogP contribution in [0.1, 0.15) is 56.2 Å². The first-order valence-electron chi connectivity index (χ1n) is 9.35. The van der Waals surface area contributed by atoms with Gasteiger partial charge in [-0.3, -0.25) is 0 Å². The summed E-state index contributed by atoms with van der Waals surface area (Å²) in [5.74, 6) is 3.06. The van der Waals surface area contributed by atoms with Crippen molar-refractivity contribution >= 4 is 11.7 Å². The molecule has 138 valence electrons. The van der Waals surface area contributed by atoms with Crippen molar-refractivity contribution in [2.24, 2.45) is 0 Å². The number of urea groups is 1. The van der Waals surface area contributed by atoms with Gasteiger partial charge >= 0.3 is 6.03 Å². The maximum atomic E-state index is 12.5. The fraction of sp³-hybridized carbons (Fsp3) is 0.526. The standard InChI is InChI=1S/C19H24N4O3/c1-2-25-16-7-5-15(6-8-16)20-19(24)23-11-9-14(10-12-23)18-22-21-17(26-18)13-3-4-13/h5-8,13-14H,2-4,9-12H2,1H3,(H,20,24). The van der Waals surface area contributed by atoms with Crippen LogP contribution in [-0.4, -0.2) is 40.8 Å². The van der Waals surface area contributed by atoms with E-state index >= 15 is 0 Å². The number of hydrogen-bond acceptors (Lipinski definition) is 5. The van der Waals surface area contributed by atoms with Gasteiger partial charge in [-0.05, 0) is 56.9 Å². The Labute approximate surface area is 152 Å². The molecule has 0 spiro atoms. The molecule has 0 bridgehead atoms. The van der Waals surface area contributed by atoms with Crippen molar-refractivity contribution in [1.82, 2.24) is 15.1 Å². The van der Waals surface area contributed by atoms with Gasteiger partial charge in [0, 0.05) is 30.6 Å². The van der Waals surface area contributed by atoms with E-state index in [-0.39, 0.29) is 11.9 Å². The first-order valence-corrected chi connectivity index (χ1v) is 9.35. The molecule has 1 aliphatic carbocycles. The van der Waals surface area contributed by atoms with Gasteiger partial charge in [-0.2, -0.15) is 0 Å². The number of benzene rings is 1. The number of nitrogens with one attached hydrogen (secondary N) is 1. The summed E-state index contributed by atoms with van der Waals surface area (Å²) >= 11 is 0. The zero-order valence-corrected chi connectivity index (χ0v) is 15.0. The summed E-state index contributed by atoms with van der Waals surface area (Å²) in [5, 5.41) is 11.3. The topological polar surface area (TPSA) is 80.5 Å². The molecule has 2 aromatic rings.